The van der Waals surface area contributed by atoms with Crippen LogP contribution in [0.5, 0.6) is 0 Å². The summed E-state index contributed by atoms with van der Waals surface area (Å²) in [6.45, 7) is 5.01. The van der Waals surface area contributed by atoms with E-state index in [4.69, 9.17) is 0 Å². The molecule has 2 rings (SSSR count). The van der Waals surface area contributed by atoms with Gasteiger partial charge in [0.2, 0.25) is 0 Å². The highest BCUT2D eigenvalue weighted by atomic mass is 15.2. The molecule has 2 aliphatic rings. The predicted molar refractivity (Wildman–Crippen MR) is 78.9 cm³/mol. The maximum atomic E-state index is 3.43. The van der Waals surface area contributed by atoms with Gasteiger partial charge >= 0.3 is 0 Å². The Morgan fingerprint density at radius 1 is 1.17 bits per heavy atom. The minimum Gasteiger partial charge on any atom is -0.317 e. The zero-order valence-electron chi connectivity index (χ0n) is 12.5. The highest BCUT2D eigenvalue weighted by molar-refractivity contribution is 4.87. The van der Waals surface area contributed by atoms with Crippen molar-refractivity contribution in [2.45, 2.75) is 76.8 Å². The molecule has 1 heterocycles. The van der Waals surface area contributed by atoms with Gasteiger partial charge in [-0.05, 0) is 71.0 Å². The highest BCUT2D eigenvalue weighted by Crippen LogP contribution is 2.35. The van der Waals surface area contributed by atoms with Crippen molar-refractivity contribution < 1.29 is 0 Å². The summed E-state index contributed by atoms with van der Waals surface area (Å²) in [6.07, 6.45) is 12.9. The van der Waals surface area contributed by atoms with Gasteiger partial charge in [0.15, 0.2) is 0 Å². The SMILES string of the molecule is CCC(CCCN1CCCC2CCCCC21)NC. The maximum Gasteiger partial charge on any atom is 0.0123 e. The summed E-state index contributed by atoms with van der Waals surface area (Å²) in [6, 6.07) is 1.68. The summed E-state index contributed by atoms with van der Waals surface area (Å²) in [7, 11) is 2.10. The van der Waals surface area contributed by atoms with Gasteiger partial charge in [-0.1, -0.05) is 19.8 Å². The first kappa shape index (κ1) is 14.3. The van der Waals surface area contributed by atoms with E-state index in [1.54, 1.807) is 0 Å². The second-order valence-electron chi connectivity index (χ2n) is 6.33. The largest absolute Gasteiger partial charge is 0.317 e. The van der Waals surface area contributed by atoms with Crippen molar-refractivity contribution in [2.24, 2.45) is 5.92 Å². The fourth-order valence-corrected chi connectivity index (χ4v) is 4.10. The molecule has 1 saturated carbocycles. The van der Waals surface area contributed by atoms with Crippen LogP contribution in [0.1, 0.15) is 64.7 Å². The lowest BCUT2D eigenvalue weighted by atomic mass is 9.78. The van der Waals surface area contributed by atoms with E-state index < -0.39 is 0 Å². The van der Waals surface area contributed by atoms with Gasteiger partial charge in [0.25, 0.3) is 0 Å². The Morgan fingerprint density at radius 2 is 1.94 bits per heavy atom. The molecule has 18 heavy (non-hydrogen) atoms. The molecule has 3 atom stereocenters. The first-order valence-electron chi connectivity index (χ1n) is 8.26. The van der Waals surface area contributed by atoms with E-state index in [0.29, 0.717) is 0 Å². The molecule has 1 aliphatic heterocycles. The highest BCUT2D eigenvalue weighted by Gasteiger charge is 2.32. The molecule has 1 N–H and O–H groups in total. The summed E-state index contributed by atoms with van der Waals surface area (Å²) in [5.41, 5.74) is 0. The third-order valence-electron chi connectivity index (χ3n) is 5.26. The van der Waals surface area contributed by atoms with E-state index in [1.165, 1.54) is 70.9 Å². The number of piperidine rings is 1. The molecule has 0 amide bonds. The van der Waals surface area contributed by atoms with Crippen molar-refractivity contribution in [1.82, 2.24) is 10.2 Å². The average molecular weight is 252 g/mol. The standard InChI is InChI=1S/C16H32N2/c1-3-15(17-2)10-7-13-18-12-6-9-14-8-4-5-11-16(14)18/h14-17H,3-13H2,1-2H3. The van der Waals surface area contributed by atoms with Crippen molar-refractivity contribution in [2.75, 3.05) is 20.1 Å². The normalized spacial score (nSPS) is 31.0. The Bertz CT molecular complexity index is 223. The zero-order chi connectivity index (χ0) is 12.8. The smallest absolute Gasteiger partial charge is 0.0123 e. The first-order valence-corrected chi connectivity index (χ1v) is 8.26. The van der Waals surface area contributed by atoms with Gasteiger partial charge in [-0.25, -0.2) is 0 Å². The van der Waals surface area contributed by atoms with Gasteiger partial charge in [-0.2, -0.15) is 0 Å². The first-order chi connectivity index (χ1) is 8.85. The van der Waals surface area contributed by atoms with E-state index in [1.807, 2.05) is 0 Å². The molecule has 1 aliphatic carbocycles. The minimum atomic E-state index is 0.733. The Morgan fingerprint density at radius 3 is 2.72 bits per heavy atom. The van der Waals surface area contributed by atoms with Crippen molar-refractivity contribution >= 4 is 0 Å². The van der Waals surface area contributed by atoms with Crippen molar-refractivity contribution in [3.05, 3.63) is 0 Å². The number of likely N-dealkylation sites (tertiary alicyclic amines) is 1. The van der Waals surface area contributed by atoms with Gasteiger partial charge in [0, 0.05) is 12.1 Å². The Labute approximate surface area is 114 Å². The number of nitrogens with one attached hydrogen (secondary N) is 1. The van der Waals surface area contributed by atoms with Crippen LogP contribution in [-0.2, 0) is 0 Å². The lowest BCUT2D eigenvalue weighted by Crippen LogP contribution is -2.47. The third-order valence-corrected chi connectivity index (χ3v) is 5.26. The van der Waals surface area contributed by atoms with Crippen LogP contribution in [-0.4, -0.2) is 37.1 Å². The molecule has 0 aromatic rings. The van der Waals surface area contributed by atoms with Gasteiger partial charge in [0.05, 0.1) is 0 Å². The van der Waals surface area contributed by atoms with E-state index in [2.05, 4.69) is 24.2 Å². The second kappa shape index (κ2) is 7.49. The van der Waals surface area contributed by atoms with Crippen LogP contribution in [0.3, 0.4) is 0 Å². The van der Waals surface area contributed by atoms with E-state index in [-0.39, 0.29) is 0 Å². The summed E-state index contributed by atoms with van der Waals surface area (Å²) in [5.74, 6) is 1.04. The molecule has 2 heteroatoms. The van der Waals surface area contributed by atoms with E-state index in [9.17, 15) is 0 Å². The monoisotopic (exact) mass is 252 g/mol. The fraction of sp³-hybridized carbons (Fsp3) is 1.00. The van der Waals surface area contributed by atoms with Crippen molar-refractivity contribution in [1.29, 1.82) is 0 Å². The van der Waals surface area contributed by atoms with Gasteiger partial charge in [0.1, 0.15) is 0 Å². The molecule has 0 aromatic heterocycles. The summed E-state index contributed by atoms with van der Waals surface area (Å²) < 4.78 is 0. The topological polar surface area (TPSA) is 15.3 Å². The molecule has 3 unspecified atom stereocenters. The van der Waals surface area contributed by atoms with Crippen LogP contribution in [0.2, 0.25) is 0 Å². The van der Waals surface area contributed by atoms with E-state index in [0.717, 1.165) is 18.0 Å². The Hall–Kier alpha value is -0.0800. The maximum absolute atomic E-state index is 3.43. The fourth-order valence-electron chi connectivity index (χ4n) is 4.10. The van der Waals surface area contributed by atoms with Crippen molar-refractivity contribution in [3.63, 3.8) is 0 Å². The molecule has 2 nitrogen and oxygen atoms in total. The molecular weight excluding hydrogens is 220 g/mol. The van der Waals surface area contributed by atoms with Crippen LogP contribution in [0.15, 0.2) is 0 Å². The molecule has 1 saturated heterocycles. The number of hydrogen-bond donors (Lipinski definition) is 1. The van der Waals surface area contributed by atoms with Crippen molar-refractivity contribution in [3.8, 4) is 0 Å². The lowest BCUT2D eigenvalue weighted by Gasteiger charge is -2.44. The third kappa shape index (κ3) is 3.71. The summed E-state index contributed by atoms with van der Waals surface area (Å²) >= 11 is 0. The molecule has 0 bridgehead atoms. The summed E-state index contributed by atoms with van der Waals surface area (Å²) in [4.78, 5) is 2.83. The van der Waals surface area contributed by atoms with Crippen LogP contribution in [0, 0.1) is 5.92 Å². The van der Waals surface area contributed by atoms with Crippen LogP contribution >= 0.6 is 0 Å². The Balaban J connectivity index is 1.73. The average Bonchev–Trinajstić information content (AvgIpc) is 2.44. The van der Waals surface area contributed by atoms with Crippen LogP contribution in [0.4, 0.5) is 0 Å². The molecule has 0 aromatic carbocycles. The predicted octanol–water partition coefficient (Wildman–Crippen LogP) is 3.42. The number of rotatable bonds is 6. The Kier molecular flexibility index (Phi) is 5.97. The molecular formula is C16H32N2. The lowest BCUT2D eigenvalue weighted by molar-refractivity contribution is 0.0590. The van der Waals surface area contributed by atoms with Gasteiger partial charge in [-0.15, -0.1) is 0 Å². The summed E-state index contributed by atoms with van der Waals surface area (Å²) in [5, 5.41) is 3.43. The molecule has 2 fully saturated rings. The number of nitrogens with zero attached hydrogens (tertiary/aromatic N) is 1. The second-order valence-corrected chi connectivity index (χ2v) is 6.33. The number of hydrogen-bond acceptors (Lipinski definition) is 2. The zero-order valence-corrected chi connectivity index (χ0v) is 12.5. The number of fused-ring (bicyclic) bond motifs is 1. The molecule has 0 spiro atoms. The minimum absolute atomic E-state index is 0.733. The van der Waals surface area contributed by atoms with Gasteiger partial charge < -0.3 is 10.2 Å². The van der Waals surface area contributed by atoms with Crippen LogP contribution < -0.4 is 5.32 Å². The quantitative estimate of drug-likeness (QED) is 0.779. The van der Waals surface area contributed by atoms with Crippen LogP contribution in [0.25, 0.3) is 0 Å². The molecule has 0 radical (unpaired) electrons. The van der Waals surface area contributed by atoms with Gasteiger partial charge in [-0.3, -0.25) is 0 Å². The molecule has 106 valence electrons. The van der Waals surface area contributed by atoms with E-state index >= 15 is 0 Å².